The fourth-order valence-corrected chi connectivity index (χ4v) is 4.20. The van der Waals surface area contributed by atoms with Crippen molar-refractivity contribution in [2.45, 2.75) is 31.7 Å². The number of benzene rings is 2. The molecule has 0 saturated heterocycles. The molecule has 28 heavy (non-hydrogen) atoms. The molecule has 1 aliphatic carbocycles. The number of nitrogens with one attached hydrogen (secondary N) is 2. The normalized spacial score (nSPS) is 17.4. The molecular weight excluding hydrogens is 350 g/mol. The molecule has 0 unspecified atom stereocenters. The van der Waals surface area contributed by atoms with Gasteiger partial charge in [0.2, 0.25) is 0 Å². The summed E-state index contributed by atoms with van der Waals surface area (Å²) in [5, 5.41) is 21.3. The number of nitriles is 1. The second kappa shape index (κ2) is 5.96. The SMILES string of the molecule is CC1(C)C[C@@H](Nc2ccc3[nH]nc(-c4cnco4)c3c2)c2ccc(C#N)cc21. The molecule has 0 aliphatic heterocycles. The highest BCUT2D eigenvalue weighted by Crippen LogP contribution is 2.46. The van der Waals surface area contributed by atoms with E-state index in [0.717, 1.165) is 28.7 Å². The maximum absolute atomic E-state index is 9.24. The smallest absolute Gasteiger partial charge is 0.181 e. The Morgan fingerprint density at radius 2 is 2.14 bits per heavy atom. The van der Waals surface area contributed by atoms with Crippen LogP contribution in [0.3, 0.4) is 0 Å². The van der Waals surface area contributed by atoms with Gasteiger partial charge in [0.05, 0.1) is 29.4 Å². The average molecular weight is 369 g/mol. The number of rotatable bonds is 3. The Labute approximate surface area is 162 Å². The number of fused-ring (bicyclic) bond motifs is 2. The average Bonchev–Trinajstić information content (AvgIpc) is 3.40. The van der Waals surface area contributed by atoms with Crippen molar-refractivity contribution in [2.75, 3.05) is 5.32 Å². The number of H-pyrrole nitrogens is 1. The van der Waals surface area contributed by atoms with Gasteiger partial charge in [-0.2, -0.15) is 10.4 Å². The Balaban J connectivity index is 1.51. The molecule has 2 N–H and O–H groups in total. The number of aromatic nitrogens is 3. The fraction of sp³-hybridized carbons (Fsp3) is 0.227. The number of oxazole rings is 1. The van der Waals surface area contributed by atoms with Crippen molar-refractivity contribution in [1.82, 2.24) is 15.2 Å². The van der Waals surface area contributed by atoms with Crippen LogP contribution in [0.1, 0.15) is 43.0 Å². The van der Waals surface area contributed by atoms with Crippen LogP contribution in [0.4, 0.5) is 5.69 Å². The fourth-order valence-electron chi connectivity index (χ4n) is 4.20. The summed E-state index contributed by atoms with van der Waals surface area (Å²) in [7, 11) is 0. The molecule has 1 aliphatic rings. The molecule has 1 atom stereocenters. The predicted octanol–water partition coefficient (Wildman–Crippen LogP) is 4.92. The summed E-state index contributed by atoms with van der Waals surface area (Å²) < 4.78 is 5.41. The zero-order valence-electron chi connectivity index (χ0n) is 15.7. The van der Waals surface area contributed by atoms with Crippen molar-refractivity contribution in [1.29, 1.82) is 5.26 Å². The third-order valence-electron chi connectivity index (χ3n) is 5.57. The highest BCUT2D eigenvalue weighted by atomic mass is 16.3. The Morgan fingerprint density at radius 3 is 2.93 bits per heavy atom. The summed E-state index contributed by atoms with van der Waals surface area (Å²) in [5.74, 6) is 0.639. The van der Waals surface area contributed by atoms with E-state index in [0.29, 0.717) is 11.3 Å². The Bertz CT molecular complexity index is 1210. The molecule has 0 bridgehead atoms. The lowest BCUT2D eigenvalue weighted by atomic mass is 9.86. The third kappa shape index (κ3) is 2.55. The molecule has 2 aromatic carbocycles. The molecule has 0 radical (unpaired) electrons. The van der Waals surface area contributed by atoms with Gasteiger partial charge in [0.1, 0.15) is 5.69 Å². The van der Waals surface area contributed by atoms with E-state index >= 15 is 0 Å². The van der Waals surface area contributed by atoms with Crippen molar-refractivity contribution >= 4 is 16.6 Å². The van der Waals surface area contributed by atoms with Crippen molar-refractivity contribution in [2.24, 2.45) is 0 Å². The van der Waals surface area contributed by atoms with E-state index in [2.05, 4.69) is 58.6 Å². The first-order valence-electron chi connectivity index (χ1n) is 9.23. The second-order valence-corrected chi connectivity index (χ2v) is 7.90. The maximum Gasteiger partial charge on any atom is 0.181 e. The van der Waals surface area contributed by atoms with Gasteiger partial charge in [-0.1, -0.05) is 19.9 Å². The van der Waals surface area contributed by atoms with Gasteiger partial charge in [-0.3, -0.25) is 5.10 Å². The van der Waals surface area contributed by atoms with Gasteiger partial charge in [0.15, 0.2) is 12.2 Å². The van der Waals surface area contributed by atoms with Crippen molar-refractivity contribution in [3.8, 4) is 17.5 Å². The van der Waals surface area contributed by atoms with E-state index in [4.69, 9.17) is 4.42 Å². The molecule has 0 amide bonds. The molecule has 4 aromatic rings. The first-order valence-corrected chi connectivity index (χ1v) is 9.23. The minimum atomic E-state index is 0.0185. The van der Waals surface area contributed by atoms with Crippen LogP contribution in [-0.2, 0) is 5.41 Å². The van der Waals surface area contributed by atoms with E-state index in [1.807, 2.05) is 18.2 Å². The van der Waals surface area contributed by atoms with Crippen LogP contribution in [0.2, 0.25) is 0 Å². The molecule has 6 heteroatoms. The maximum atomic E-state index is 9.24. The van der Waals surface area contributed by atoms with Crippen LogP contribution in [0.5, 0.6) is 0 Å². The largest absolute Gasteiger partial charge is 0.442 e. The van der Waals surface area contributed by atoms with Gasteiger partial charge in [-0.05, 0) is 53.3 Å². The molecule has 5 rings (SSSR count). The molecular formula is C22H19N5O. The van der Waals surface area contributed by atoms with Crippen LogP contribution in [0, 0.1) is 11.3 Å². The zero-order valence-corrected chi connectivity index (χ0v) is 15.7. The second-order valence-electron chi connectivity index (χ2n) is 7.90. The van der Waals surface area contributed by atoms with Gasteiger partial charge in [-0.25, -0.2) is 4.98 Å². The Kier molecular flexibility index (Phi) is 3.53. The van der Waals surface area contributed by atoms with E-state index < -0.39 is 0 Å². The van der Waals surface area contributed by atoms with Gasteiger partial charge >= 0.3 is 0 Å². The van der Waals surface area contributed by atoms with Crippen LogP contribution < -0.4 is 5.32 Å². The van der Waals surface area contributed by atoms with Crippen LogP contribution in [0.15, 0.2) is 53.4 Å². The number of anilines is 1. The Hall–Kier alpha value is -3.59. The predicted molar refractivity (Wildman–Crippen MR) is 107 cm³/mol. The molecule has 138 valence electrons. The van der Waals surface area contributed by atoms with E-state index in [9.17, 15) is 5.26 Å². The number of nitrogens with zero attached hydrogens (tertiary/aromatic N) is 3. The summed E-state index contributed by atoms with van der Waals surface area (Å²) in [4.78, 5) is 3.99. The van der Waals surface area contributed by atoms with Crippen molar-refractivity contribution < 1.29 is 4.42 Å². The summed E-state index contributed by atoms with van der Waals surface area (Å²) in [6.07, 6.45) is 4.04. The summed E-state index contributed by atoms with van der Waals surface area (Å²) in [6, 6.07) is 14.6. The lowest BCUT2D eigenvalue weighted by molar-refractivity contribution is 0.493. The van der Waals surface area contributed by atoms with Crippen LogP contribution in [-0.4, -0.2) is 15.2 Å². The highest BCUT2D eigenvalue weighted by Gasteiger charge is 2.37. The third-order valence-corrected chi connectivity index (χ3v) is 5.57. The summed E-state index contributed by atoms with van der Waals surface area (Å²) >= 11 is 0. The van der Waals surface area contributed by atoms with E-state index in [-0.39, 0.29) is 11.5 Å². The molecule has 2 heterocycles. The minimum Gasteiger partial charge on any atom is -0.442 e. The molecule has 0 saturated carbocycles. The topological polar surface area (TPSA) is 90.5 Å². The first-order chi connectivity index (χ1) is 13.5. The van der Waals surface area contributed by atoms with E-state index in [1.165, 1.54) is 17.5 Å². The van der Waals surface area contributed by atoms with Gasteiger partial charge in [-0.15, -0.1) is 0 Å². The van der Waals surface area contributed by atoms with E-state index in [1.54, 1.807) is 6.20 Å². The number of hydrogen-bond acceptors (Lipinski definition) is 5. The monoisotopic (exact) mass is 369 g/mol. The number of aromatic amines is 1. The molecule has 6 nitrogen and oxygen atoms in total. The number of hydrogen-bond donors (Lipinski definition) is 2. The summed E-state index contributed by atoms with van der Waals surface area (Å²) in [5.41, 5.74) is 5.95. The lowest BCUT2D eigenvalue weighted by Crippen LogP contribution is -2.14. The Morgan fingerprint density at radius 1 is 1.25 bits per heavy atom. The van der Waals surface area contributed by atoms with Gasteiger partial charge in [0.25, 0.3) is 0 Å². The van der Waals surface area contributed by atoms with Gasteiger partial charge in [0, 0.05) is 11.1 Å². The first kappa shape index (κ1) is 16.6. The molecule has 0 spiro atoms. The minimum absolute atomic E-state index is 0.0185. The quantitative estimate of drug-likeness (QED) is 0.535. The van der Waals surface area contributed by atoms with Crippen molar-refractivity contribution in [3.05, 3.63) is 65.7 Å². The zero-order chi connectivity index (χ0) is 19.3. The summed E-state index contributed by atoms with van der Waals surface area (Å²) in [6.45, 7) is 4.46. The molecule has 2 aromatic heterocycles. The lowest BCUT2D eigenvalue weighted by Gasteiger charge is -2.20. The van der Waals surface area contributed by atoms with Crippen LogP contribution >= 0.6 is 0 Å². The molecule has 0 fully saturated rings. The van der Waals surface area contributed by atoms with Gasteiger partial charge < -0.3 is 9.73 Å². The highest BCUT2D eigenvalue weighted by molar-refractivity contribution is 5.93. The van der Waals surface area contributed by atoms with Crippen LogP contribution in [0.25, 0.3) is 22.4 Å². The standard InChI is InChI=1S/C22H19N5O/c1-22(2)9-19(15-5-3-13(10-23)7-17(15)22)25-14-4-6-18-16(8-14)21(27-26-18)20-11-24-12-28-20/h3-8,11-12,19,25H,9H2,1-2H3,(H,26,27)/t19-/m1/s1. The van der Waals surface area contributed by atoms with Crippen molar-refractivity contribution in [3.63, 3.8) is 0 Å².